The molecule has 0 aliphatic carbocycles. The molecular formula is C31H34N6O4S2. The third kappa shape index (κ3) is 7.32. The van der Waals surface area contributed by atoms with Crippen molar-refractivity contribution < 1.29 is 18.0 Å². The van der Waals surface area contributed by atoms with E-state index in [2.05, 4.69) is 20.8 Å². The van der Waals surface area contributed by atoms with Crippen LogP contribution in [0.3, 0.4) is 0 Å². The van der Waals surface area contributed by atoms with Gasteiger partial charge in [-0.15, -0.1) is 10.2 Å². The lowest BCUT2D eigenvalue weighted by atomic mass is 10.1. The molecule has 2 N–H and O–H groups in total. The van der Waals surface area contributed by atoms with E-state index in [1.165, 1.54) is 40.3 Å². The lowest BCUT2D eigenvalue weighted by Gasteiger charge is -2.25. The number of piperidine rings is 1. The van der Waals surface area contributed by atoms with Crippen LogP contribution in [0.15, 0.2) is 82.8 Å². The summed E-state index contributed by atoms with van der Waals surface area (Å²) in [5.74, 6) is 0.0760. The van der Waals surface area contributed by atoms with E-state index in [1.54, 1.807) is 0 Å². The Morgan fingerprint density at radius 2 is 1.63 bits per heavy atom. The van der Waals surface area contributed by atoms with Gasteiger partial charge in [0.05, 0.1) is 17.2 Å². The minimum absolute atomic E-state index is 0.0732. The molecule has 0 saturated carbocycles. The third-order valence-electron chi connectivity index (χ3n) is 7.19. The number of rotatable bonds is 10. The molecule has 2 heterocycles. The van der Waals surface area contributed by atoms with Crippen LogP contribution < -0.4 is 10.6 Å². The van der Waals surface area contributed by atoms with Crippen LogP contribution in [-0.4, -0.2) is 58.1 Å². The molecular weight excluding hydrogens is 585 g/mol. The molecule has 1 fully saturated rings. The second-order valence-corrected chi connectivity index (χ2v) is 13.3. The maximum absolute atomic E-state index is 13.0. The molecule has 0 spiro atoms. The highest BCUT2D eigenvalue weighted by Crippen LogP contribution is 2.24. The quantitative estimate of drug-likeness (QED) is 0.246. The van der Waals surface area contributed by atoms with Crippen LogP contribution in [0.25, 0.3) is 5.69 Å². The lowest BCUT2D eigenvalue weighted by molar-refractivity contribution is -0.113. The summed E-state index contributed by atoms with van der Waals surface area (Å²) in [5.41, 5.74) is 3.94. The van der Waals surface area contributed by atoms with Crippen molar-refractivity contribution in [2.75, 3.05) is 24.2 Å². The molecule has 5 rings (SSSR count). The van der Waals surface area contributed by atoms with E-state index in [-0.39, 0.29) is 29.0 Å². The fourth-order valence-electron chi connectivity index (χ4n) is 4.83. The van der Waals surface area contributed by atoms with Gasteiger partial charge < -0.3 is 10.6 Å². The second-order valence-electron chi connectivity index (χ2n) is 10.4. The summed E-state index contributed by atoms with van der Waals surface area (Å²) in [6, 6.07) is 21.4. The number of sulfonamides is 1. The molecule has 1 aromatic heterocycles. The van der Waals surface area contributed by atoms with Crippen LogP contribution in [0, 0.1) is 13.8 Å². The van der Waals surface area contributed by atoms with Gasteiger partial charge in [0.15, 0.2) is 11.0 Å². The van der Waals surface area contributed by atoms with Crippen molar-refractivity contribution in [1.29, 1.82) is 0 Å². The van der Waals surface area contributed by atoms with Gasteiger partial charge in [-0.3, -0.25) is 14.2 Å². The summed E-state index contributed by atoms with van der Waals surface area (Å²) in [7, 11) is -3.58. The molecule has 1 aliphatic rings. The highest BCUT2D eigenvalue weighted by Gasteiger charge is 2.26. The number of para-hydroxylation sites is 1. The first kappa shape index (κ1) is 30.5. The Labute approximate surface area is 256 Å². The number of aromatic nitrogens is 3. The number of thioether (sulfide) groups is 1. The minimum atomic E-state index is -3.58. The highest BCUT2D eigenvalue weighted by atomic mass is 32.2. The smallest absolute Gasteiger partial charge is 0.251 e. The van der Waals surface area contributed by atoms with E-state index in [0.29, 0.717) is 29.6 Å². The molecule has 3 aromatic carbocycles. The van der Waals surface area contributed by atoms with Crippen LogP contribution in [-0.2, 0) is 21.4 Å². The van der Waals surface area contributed by atoms with Crippen molar-refractivity contribution >= 4 is 39.3 Å². The molecule has 2 amide bonds. The van der Waals surface area contributed by atoms with E-state index in [4.69, 9.17) is 0 Å². The average molecular weight is 619 g/mol. The predicted octanol–water partition coefficient (Wildman–Crippen LogP) is 4.72. The van der Waals surface area contributed by atoms with Crippen molar-refractivity contribution in [3.05, 3.63) is 95.3 Å². The van der Waals surface area contributed by atoms with Gasteiger partial charge in [0.1, 0.15) is 0 Å². The predicted molar refractivity (Wildman–Crippen MR) is 167 cm³/mol. The number of benzene rings is 3. The maximum atomic E-state index is 13.0. The Morgan fingerprint density at radius 1 is 0.907 bits per heavy atom. The van der Waals surface area contributed by atoms with Gasteiger partial charge in [0, 0.05) is 30.0 Å². The third-order valence-corrected chi connectivity index (χ3v) is 10.0. The Morgan fingerprint density at radius 3 is 2.35 bits per heavy atom. The zero-order valence-corrected chi connectivity index (χ0v) is 25.7. The summed E-state index contributed by atoms with van der Waals surface area (Å²) in [6.07, 6.45) is 2.74. The summed E-state index contributed by atoms with van der Waals surface area (Å²) >= 11 is 1.25. The molecule has 4 aromatic rings. The van der Waals surface area contributed by atoms with E-state index >= 15 is 0 Å². The Bertz CT molecular complexity index is 1700. The zero-order valence-electron chi connectivity index (χ0n) is 24.1. The zero-order chi connectivity index (χ0) is 30.4. The molecule has 43 heavy (non-hydrogen) atoms. The Kier molecular flexibility index (Phi) is 9.59. The number of aryl methyl sites for hydroxylation is 2. The van der Waals surface area contributed by atoms with Gasteiger partial charge in [0.25, 0.3) is 5.91 Å². The number of carbonyl (C=O) groups is 2. The maximum Gasteiger partial charge on any atom is 0.251 e. The number of hydrogen-bond donors (Lipinski definition) is 2. The van der Waals surface area contributed by atoms with E-state index in [9.17, 15) is 18.0 Å². The van der Waals surface area contributed by atoms with Crippen molar-refractivity contribution in [3.63, 3.8) is 0 Å². The van der Waals surface area contributed by atoms with Gasteiger partial charge in [0.2, 0.25) is 15.9 Å². The number of carbonyl (C=O) groups excluding carboxylic acids is 2. The van der Waals surface area contributed by atoms with E-state index in [1.807, 2.05) is 66.9 Å². The number of amides is 2. The Hall–Kier alpha value is -4.00. The van der Waals surface area contributed by atoms with Crippen LogP contribution in [0.4, 0.5) is 5.69 Å². The average Bonchev–Trinajstić information content (AvgIpc) is 3.44. The number of anilines is 1. The summed E-state index contributed by atoms with van der Waals surface area (Å²) in [4.78, 5) is 25.9. The minimum Gasteiger partial charge on any atom is -0.345 e. The summed E-state index contributed by atoms with van der Waals surface area (Å²) in [5, 5.41) is 14.9. The van der Waals surface area contributed by atoms with E-state index < -0.39 is 10.0 Å². The summed E-state index contributed by atoms with van der Waals surface area (Å²) in [6.45, 7) is 5.03. The first-order chi connectivity index (χ1) is 20.7. The molecule has 224 valence electrons. The lowest BCUT2D eigenvalue weighted by Crippen LogP contribution is -2.35. The molecule has 10 nitrogen and oxygen atoms in total. The van der Waals surface area contributed by atoms with E-state index in [0.717, 1.165) is 41.8 Å². The Balaban J connectivity index is 1.26. The van der Waals surface area contributed by atoms with Crippen molar-refractivity contribution in [2.45, 2.75) is 49.7 Å². The first-order valence-corrected chi connectivity index (χ1v) is 16.5. The first-order valence-electron chi connectivity index (χ1n) is 14.1. The standard InChI is InChI=1S/C31H34N6O4S2/c1-22-11-12-23(2)27(19-22)33-29(38)21-42-31-35-34-28(37(31)25-9-5-3-6-10-25)20-32-30(39)24-13-15-26(16-14-24)43(40,41)36-17-7-4-8-18-36/h3,5-6,9-16,19H,4,7-8,17-18,20-21H2,1-2H3,(H,32,39)(H,33,38). The van der Waals surface area contributed by atoms with Gasteiger partial charge in [-0.05, 0) is 80.3 Å². The van der Waals surface area contributed by atoms with Crippen LogP contribution >= 0.6 is 11.8 Å². The van der Waals surface area contributed by atoms with Gasteiger partial charge >= 0.3 is 0 Å². The van der Waals surface area contributed by atoms with Crippen molar-refractivity contribution in [3.8, 4) is 5.69 Å². The highest BCUT2D eigenvalue weighted by molar-refractivity contribution is 7.99. The van der Waals surface area contributed by atoms with Crippen molar-refractivity contribution in [2.24, 2.45) is 0 Å². The molecule has 1 aliphatic heterocycles. The fraction of sp³-hybridized carbons (Fsp3) is 0.290. The van der Waals surface area contributed by atoms with Crippen LogP contribution in [0.1, 0.15) is 46.6 Å². The molecule has 0 bridgehead atoms. The monoisotopic (exact) mass is 618 g/mol. The van der Waals surface area contributed by atoms with Crippen molar-refractivity contribution in [1.82, 2.24) is 24.4 Å². The molecule has 0 unspecified atom stereocenters. The molecule has 1 saturated heterocycles. The SMILES string of the molecule is Cc1ccc(C)c(NC(=O)CSc2nnc(CNC(=O)c3ccc(S(=O)(=O)N4CCCCC4)cc3)n2-c2ccccc2)c1. The van der Waals surface area contributed by atoms with Crippen LogP contribution in [0.2, 0.25) is 0 Å². The normalized spacial score (nSPS) is 13.9. The topological polar surface area (TPSA) is 126 Å². The fourth-order valence-corrected chi connectivity index (χ4v) is 7.11. The van der Waals surface area contributed by atoms with Gasteiger partial charge in [-0.25, -0.2) is 8.42 Å². The number of nitrogens with one attached hydrogen (secondary N) is 2. The van der Waals surface area contributed by atoms with Crippen LogP contribution in [0.5, 0.6) is 0 Å². The molecule has 12 heteroatoms. The number of hydrogen-bond acceptors (Lipinski definition) is 7. The summed E-state index contributed by atoms with van der Waals surface area (Å²) < 4.78 is 29.2. The second kappa shape index (κ2) is 13.5. The molecule has 0 radical (unpaired) electrons. The van der Waals surface area contributed by atoms with Gasteiger partial charge in [-0.1, -0.05) is 48.5 Å². The molecule has 0 atom stereocenters. The number of nitrogens with zero attached hydrogens (tertiary/aromatic N) is 4. The van der Waals surface area contributed by atoms with Gasteiger partial charge in [-0.2, -0.15) is 4.31 Å². The largest absolute Gasteiger partial charge is 0.345 e.